The minimum absolute atomic E-state index is 0.0883. The number of aromatic nitrogens is 1. The molecule has 0 bridgehead atoms. The highest BCUT2D eigenvalue weighted by atomic mass is 32.1. The summed E-state index contributed by atoms with van der Waals surface area (Å²) in [5, 5.41) is 12.6. The van der Waals surface area contributed by atoms with Gasteiger partial charge in [-0.05, 0) is 24.9 Å². The largest absolute Gasteiger partial charge is 0.353 e. The number of nitro groups is 1. The lowest BCUT2D eigenvalue weighted by molar-refractivity contribution is -0.384. The molecule has 0 fully saturated rings. The van der Waals surface area contributed by atoms with Crippen LogP contribution in [-0.2, 0) is 6.42 Å². The molecule has 2 aromatic rings. The van der Waals surface area contributed by atoms with Gasteiger partial charge in [0.1, 0.15) is 0 Å². The number of carbonyl (C=O) groups is 1. The van der Waals surface area contributed by atoms with E-state index in [4.69, 9.17) is 0 Å². The Bertz CT molecular complexity index is 592. The van der Waals surface area contributed by atoms with E-state index >= 15 is 0 Å². The minimum atomic E-state index is -0.520. The zero-order valence-electron chi connectivity index (χ0n) is 11.0. The topological polar surface area (TPSA) is 79.2 Å². The SMILES string of the molecule is CN(CCc1cccs1)CC(=O)c1cc([N+](=O)[O-])c[nH]1. The first kappa shape index (κ1) is 14.4. The summed E-state index contributed by atoms with van der Waals surface area (Å²) in [4.78, 5) is 27.8. The van der Waals surface area contributed by atoms with Crippen molar-refractivity contribution in [1.29, 1.82) is 0 Å². The summed E-state index contributed by atoms with van der Waals surface area (Å²) >= 11 is 1.69. The molecule has 0 saturated carbocycles. The molecule has 7 heteroatoms. The highest BCUT2D eigenvalue weighted by molar-refractivity contribution is 7.09. The number of likely N-dealkylation sites (N-methyl/N-ethyl adjacent to an activating group) is 1. The van der Waals surface area contributed by atoms with Gasteiger partial charge < -0.3 is 4.98 Å². The van der Waals surface area contributed by atoms with Crippen LogP contribution in [0.2, 0.25) is 0 Å². The first-order valence-electron chi connectivity index (χ1n) is 6.13. The third-order valence-corrected chi connectivity index (χ3v) is 3.85. The first-order chi connectivity index (χ1) is 9.56. The molecule has 0 saturated heterocycles. The highest BCUT2D eigenvalue weighted by Gasteiger charge is 2.15. The van der Waals surface area contributed by atoms with Gasteiger partial charge in [-0.2, -0.15) is 0 Å². The smallest absolute Gasteiger partial charge is 0.287 e. The summed E-state index contributed by atoms with van der Waals surface area (Å²) in [7, 11) is 1.86. The standard InChI is InChI=1S/C13H15N3O3S/c1-15(5-4-11-3-2-6-20-11)9-13(17)12-7-10(8-14-12)16(18)19/h2-3,6-8,14H,4-5,9H2,1H3. The maximum atomic E-state index is 12.0. The van der Waals surface area contributed by atoms with Crippen LogP contribution in [0.1, 0.15) is 15.4 Å². The lowest BCUT2D eigenvalue weighted by atomic mass is 10.2. The molecule has 2 heterocycles. The van der Waals surface area contributed by atoms with Gasteiger partial charge in [0.25, 0.3) is 5.69 Å². The van der Waals surface area contributed by atoms with E-state index in [1.807, 2.05) is 23.4 Å². The second-order valence-electron chi connectivity index (χ2n) is 4.52. The van der Waals surface area contributed by atoms with Gasteiger partial charge in [0, 0.05) is 17.5 Å². The van der Waals surface area contributed by atoms with E-state index in [1.165, 1.54) is 17.1 Å². The molecular weight excluding hydrogens is 278 g/mol. The van der Waals surface area contributed by atoms with E-state index < -0.39 is 4.92 Å². The van der Waals surface area contributed by atoms with Crippen LogP contribution in [0, 0.1) is 10.1 Å². The minimum Gasteiger partial charge on any atom is -0.353 e. The van der Waals surface area contributed by atoms with Gasteiger partial charge in [-0.15, -0.1) is 11.3 Å². The summed E-state index contributed by atoms with van der Waals surface area (Å²) in [6.45, 7) is 1.01. The molecule has 106 valence electrons. The first-order valence-corrected chi connectivity index (χ1v) is 7.01. The third-order valence-electron chi connectivity index (χ3n) is 2.91. The van der Waals surface area contributed by atoms with Crippen LogP contribution in [0.15, 0.2) is 29.8 Å². The van der Waals surface area contributed by atoms with Crippen LogP contribution in [0.3, 0.4) is 0 Å². The molecule has 0 aliphatic heterocycles. The van der Waals surface area contributed by atoms with Gasteiger partial charge in [-0.1, -0.05) is 6.07 Å². The van der Waals surface area contributed by atoms with Crippen molar-refractivity contribution in [3.8, 4) is 0 Å². The Morgan fingerprint density at radius 3 is 2.95 bits per heavy atom. The maximum Gasteiger partial charge on any atom is 0.287 e. The molecule has 0 aromatic carbocycles. The number of hydrogen-bond acceptors (Lipinski definition) is 5. The van der Waals surface area contributed by atoms with Crippen LogP contribution in [0.4, 0.5) is 5.69 Å². The van der Waals surface area contributed by atoms with Crippen molar-refractivity contribution in [3.63, 3.8) is 0 Å². The average molecular weight is 293 g/mol. The van der Waals surface area contributed by atoms with E-state index in [9.17, 15) is 14.9 Å². The molecule has 6 nitrogen and oxygen atoms in total. The molecule has 2 aromatic heterocycles. The molecular formula is C13H15N3O3S. The van der Waals surface area contributed by atoms with Gasteiger partial charge in [0.15, 0.2) is 5.78 Å². The molecule has 0 aliphatic rings. The van der Waals surface area contributed by atoms with E-state index in [0.717, 1.165) is 13.0 Å². The Morgan fingerprint density at radius 2 is 2.35 bits per heavy atom. The summed E-state index contributed by atoms with van der Waals surface area (Å²) < 4.78 is 0. The van der Waals surface area contributed by atoms with Crippen LogP contribution >= 0.6 is 11.3 Å². The summed E-state index contributed by atoms with van der Waals surface area (Å²) in [5.74, 6) is -0.147. The predicted octanol–water partition coefficient (Wildman–Crippen LogP) is 2.34. The number of thiophene rings is 1. The van der Waals surface area contributed by atoms with E-state index in [0.29, 0.717) is 0 Å². The van der Waals surface area contributed by atoms with Crippen molar-refractivity contribution in [1.82, 2.24) is 9.88 Å². The average Bonchev–Trinajstić information content (AvgIpc) is 3.07. The monoisotopic (exact) mass is 293 g/mol. The molecule has 0 unspecified atom stereocenters. The number of nitrogens with one attached hydrogen (secondary N) is 1. The van der Waals surface area contributed by atoms with Crippen LogP contribution in [-0.4, -0.2) is 40.7 Å². The van der Waals surface area contributed by atoms with E-state index in [2.05, 4.69) is 11.1 Å². The molecule has 20 heavy (non-hydrogen) atoms. The fourth-order valence-corrected chi connectivity index (χ4v) is 2.51. The molecule has 0 amide bonds. The van der Waals surface area contributed by atoms with Gasteiger partial charge in [0.05, 0.1) is 23.4 Å². The second-order valence-corrected chi connectivity index (χ2v) is 5.55. The number of aromatic amines is 1. The zero-order chi connectivity index (χ0) is 14.5. The molecule has 0 atom stereocenters. The summed E-state index contributed by atoms with van der Waals surface area (Å²) in [5.41, 5.74) is 0.189. The fourth-order valence-electron chi connectivity index (χ4n) is 1.81. The van der Waals surface area contributed by atoms with Gasteiger partial charge >= 0.3 is 0 Å². The van der Waals surface area contributed by atoms with Crippen molar-refractivity contribution >= 4 is 22.8 Å². The number of hydrogen-bond donors (Lipinski definition) is 1. The molecule has 2 rings (SSSR count). The third kappa shape index (κ3) is 3.75. The lowest BCUT2D eigenvalue weighted by Gasteiger charge is -2.14. The Balaban J connectivity index is 1.85. The van der Waals surface area contributed by atoms with E-state index in [-0.39, 0.29) is 23.7 Å². The van der Waals surface area contributed by atoms with Crippen LogP contribution in [0.25, 0.3) is 0 Å². The van der Waals surface area contributed by atoms with Crippen LogP contribution in [0.5, 0.6) is 0 Å². The van der Waals surface area contributed by atoms with Gasteiger partial charge in [-0.25, -0.2) is 0 Å². The summed E-state index contributed by atoms with van der Waals surface area (Å²) in [6.07, 6.45) is 2.13. The van der Waals surface area contributed by atoms with Gasteiger partial charge in [-0.3, -0.25) is 19.8 Å². The molecule has 0 aliphatic carbocycles. The number of nitrogens with zero attached hydrogens (tertiary/aromatic N) is 2. The maximum absolute atomic E-state index is 12.0. The number of H-pyrrole nitrogens is 1. The van der Waals surface area contributed by atoms with Crippen molar-refractivity contribution in [2.75, 3.05) is 20.1 Å². The number of rotatable bonds is 7. The van der Waals surface area contributed by atoms with Gasteiger partial charge in [0.2, 0.25) is 0 Å². The fraction of sp³-hybridized carbons (Fsp3) is 0.308. The molecule has 1 N–H and O–H groups in total. The van der Waals surface area contributed by atoms with Crippen molar-refractivity contribution in [2.24, 2.45) is 0 Å². The molecule has 0 radical (unpaired) electrons. The van der Waals surface area contributed by atoms with E-state index in [1.54, 1.807) is 11.3 Å². The predicted molar refractivity (Wildman–Crippen MR) is 77.3 cm³/mol. The number of Topliss-reactive ketones (excluding diaryl/α,β-unsaturated/α-hetero) is 1. The Labute approximate surface area is 120 Å². The quantitative estimate of drug-likeness (QED) is 0.483. The zero-order valence-corrected chi connectivity index (χ0v) is 11.9. The van der Waals surface area contributed by atoms with Crippen LogP contribution < -0.4 is 0 Å². The Kier molecular flexibility index (Phi) is 4.65. The summed E-state index contributed by atoms with van der Waals surface area (Å²) in [6, 6.07) is 5.34. The lowest BCUT2D eigenvalue weighted by Crippen LogP contribution is -2.28. The van der Waals surface area contributed by atoms with Crippen molar-refractivity contribution < 1.29 is 9.72 Å². The highest BCUT2D eigenvalue weighted by Crippen LogP contribution is 2.13. The molecule has 0 spiro atoms. The number of ketones is 1. The Hall–Kier alpha value is -1.99. The normalized spacial score (nSPS) is 10.9. The second kappa shape index (κ2) is 6.44. The van der Waals surface area contributed by atoms with Crippen molar-refractivity contribution in [3.05, 3.63) is 50.5 Å². The van der Waals surface area contributed by atoms with Crippen molar-refractivity contribution in [2.45, 2.75) is 6.42 Å². The number of carbonyl (C=O) groups excluding carboxylic acids is 1. The Morgan fingerprint density at radius 1 is 1.55 bits per heavy atom.